The second kappa shape index (κ2) is 7.36. The van der Waals surface area contributed by atoms with E-state index in [1.807, 2.05) is 30.6 Å². The molecule has 4 heteroatoms. The van der Waals surface area contributed by atoms with Gasteiger partial charge in [0.2, 0.25) is 0 Å². The van der Waals surface area contributed by atoms with E-state index in [2.05, 4.69) is 20.9 Å². The summed E-state index contributed by atoms with van der Waals surface area (Å²) in [7, 11) is 0. The lowest BCUT2D eigenvalue weighted by molar-refractivity contribution is 0.369. The maximum Gasteiger partial charge on any atom is 0.131 e. The molecule has 1 fully saturated rings. The minimum absolute atomic E-state index is 0.184. The molecule has 1 aliphatic rings. The second-order valence-electron chi connectivity index (χ2n) is 6.91. The molecule has 1 atom stereocenters. The molecule has 0 radical (unpaired) electrons. The van der Waals surface area contributed by atoms with E-state index < -0.39 is 0 Å². The molecule has 1 aromatic heterocycles. The van der Waals surface area contributed by atoms with E-state index in [-0.39, 0.29) is 5.82 Å². The third-order valence-electron chi connectivity index (χ3n) is 5.17. The first-order chi connectivity index (χ1) is 12.3. The van der Waals surface area contributed by atoms with Crippen molar-refractivity contribution in [2.24, 2.45) is 0 Å². The van der Waals surface area contributed by atoms with E-state index in [0.29, 0.717) is 11.6 Å². The molecular formula is C21H24FN3. The van der Waals surface area contributed by atoms with Crippen LogP contribution in [0.5, 0.6) is 0 Å². The van der Waals surface area contributed by atoms with Gasteiger partial charge in [-0.05, 0) is 56.0 Å². The fraction of sp³-hybridized carbons (Fsp3) is 0.381. The van der Waals surface area contributed by atoms with Gasteiger partial charge in [-0.15, -0.1) is 0 Å². The maximum absolute atomic E-state index is 14.1. The number of piperidine rings is 1. The number of rotatable bonds is 5. The maximum atomic E-state index is 14.1. The summed E-state index contributed by atoms with van der Waals surface area (Å²) in [5, 5.41) is 3.61. The van der Waals surface area contributed by atoms with Crippen LogP contribution in [-0.4, -0.2) is 22.1 Å². The van der Waals surface area contributed by atoms with Crippen LogP contribution in [0.1, 0.15) is 32.1 Å². The number of imidazole rings is 1. The Balaban J connectivity index is 1.51. The molecule has 25 heavy (non-hydrogen) atoms. The Bertz CT molecular complexity index is 849. The SMILES string of the molecule is Fc1ccccc1-c1ccc2ncn(CCC[C@H]3CCCCN3)c2c1. The molecular weight excluding hydrogens is 313 g/mol. The lowest BCUT2D eigenvalue weighted by atomic mass is 10.0. The van der Waals surface area contributed by atoms with Crippen LogP contribution in [0, 0.1) is 5.82 Å². The zero-order valence-corrected chi connectivity index (χ0v) is 14.4. The molecule has 130 valence electrons. The van der Waals surface area contributed by atoms with Gasteiger partial charge in [0.25, 0.3) is 0 Å². The number of fused-ring (bicyclic) bond motifs is 1. The Hall–Kier alpha value is -2.20. The zero-order valence-electron chi connectivity index (χ0n) is 14.4. The molecule has 1 saturated heterocycles. The monoisotopic (exact) mass is 337 g/mol. The topological polar surface area (TPSA) is 29.9 Å². The highest BCUT2D eigenvalue weighted by Gasteiger charge is 2.12. The Kier molecular flexibility index (Phi) is 4.79. The summed E-state index contributed by atoms with van der Waals surface area (Å²) >= 11 is 0. The van der Waals surface area contributed by atoms with Gasteiger partial charge < -0.3 is 9.88 Å². The van der Waals surface area contributed by atoms with Crippen LogP contribution in [0.15, 0.2) is 48.8 Å². The van der Waals surface area contributed by atoms with Crippen molar-refractivity contribution in [3.63, 3.8) is 0 Å². The lowest BCUT2D eigenvalue weighted by Gasteiger charge is -2.23. The Labute approximate surface area is 147 Å². The van der Waals surface area contributed by atoms with Crippen LogP contribution in [0.2, 0.25) is 0 Å². The highest BCUT2D eigenvalue weighted by molar-refractivity contribution is 5.82. The molecule has 1 aliphatic heterocycles. The normalized spacial score (nSPS) is 17.9. The molecule has 0 spiro atoms. The summed E-state index contributed by atoms with van der Waals surface area (Å²) in [6, 6.07) is 13.6. The lowest BCUT2D eigenvalue weighted by Crippen LogP contribution is -2.33. The average molecular weight is 337 g/mol. The van der Waals surface area contributed by atoms with Crippen molar-refractivity contribution in [1.29, 1.82) is 0 Å². The fourth-order valence-corrected chi connectivity index (χ4v) is 3.78. The van der Waals surface area contributed by atoms with Crippen LogP contribution < -0.4 is 5.32 Å². The van der Waals surface area contributed by atoms with Crippen molar-refractivity contribution in [1.82, 2.24) is 14.9 Å². The number of nitrogens with one attached hydrogen (secondary N) is 1. The zero-order chi connectivity index (χ0) is 17.1. The predicted molar refractivity (Wildman–Crippen MR) is 100 cm³/mol. The molecule has 0 amide bonds. The molecule has 0 saturated carbocycles. The fourth-order valence-electron chi connectivity index (χ4n) is 3.78. The van der Waals surface area contributed by atoms with Gasteiger partial charge >= 0.3 is 0 Å². The molecule has 2 aromatic carbocycles. The van der Waals surface area contributed by atoms with Crippen LogP contribution in [-0.2, 0) is 6.54 Å². The first-order valence-electron chi connectivity index (χ1n) is 9.24. The van der Waals surface area contributed by atoms with Gasteiger partial charge in [0, 0.05) is 18.2 Å². The Morgan fingerprint density at radius 1 is 1.16 bits per heavy atom. The summed E-state index contributed by atoms with van der Waals surface area (Å²) in [6.45, 7) is 2.11. The molecule has 0 aliphatic carbocycles. The summed E-state index contributed by atoms with van der Waals surface area (Å²) in [4.78, 5) is 4.49. The number of hydrogen-bond donors (Lipinski definition) is 1. The summed E-state index contributed by atoms with van der Waals surface area (Å²) in [5.74, 6) is -0.184. The number of benzene rings is 2. The van der Waals surface area contributed by atoms with Crippen LogP contribution in [0.4, 0.5) is 4.39 Å². The van der Waals surface area contributed by atoms with Crippen molar-refractivity contribution in [3.8, 4) is 11.1 Å². The van der Waals surface area contributed by atoms with E-state index in [1.165, 1.54) is 31.7 Å². The predicted octanol–water partition coefficient (Wildman–Crippen LogP) is 4.76. The molecule has 3 aromatic rings. The molecule has 0 unspecified atom stereocenters. The van der Waals surface area contributed by atoms with E-state index in [9.17, 15) is 4.39 Å². The smallest absolute Gasteiger partial charge is 0.131 e. The standard InChI is InChI=1S/C21H24FN3/c22-19-9-2-1-8-18(19)16-10-11-20-21(14-16)25(15-24-20)13-5-7-17-6-3-4-12-23-17/h1-2,8-11,14-15,17,23H,3-7,12-13H2/t17-/m1/s1. The second-order valence-corrected chi connectivity index (χ2v) is 6.91. The quantitative estimate of drug-likeness (QED) is 0.727. The van der Waals surface area contributed by atoms with Crippen molar-refractivity contribution >= 4 is 11.0 Å². The number of aryl methyl sites for hydroxylation is 1. The summed E-state index contributed by atoms with van der Waals surface area (Å²) < 4.78 is 16.3. The van der Waals surface area contributed by atoms with Crippen molar-refractivity contribution < 1.29 is 4.39 Å². The van der Waals surface area contributed by atoms with Gasteiger partial charge in [-0.25, -0.2) is 9.37 Å². The highest BCUT2D eigenvalue weighted by Crippen LogP contribution is 2.26. The van der Waals surface area contributed by atoms with Gasteiger partial charge in [-0.3, -0.25) is 0 Å². The first-order valence-corrected chi connectivity index (χ1v) is 9.24. The van der Waals surface area contributed by atoms with Gasteiger partial charge in [0.1, 0.15) is 5.82 Å². The molecule has 2 heterocycles. The van der Waals surface area contributed by atoms with Gasteiger partial charge in [0.15, 0.2) is 0 Å². The third kappa shape index (κ3) is 3.59. The van der Waals surface area contributed by atoms with Crippen molar-refractivity contribution in [2.75, 3.05) is 6.54 Å². The largest absolute Gasteiger partial charge is 0.331 e. The average Bonchev–Trinajstić information content (AvgIpc) is 3.05. The van der Waals surface area contributed by atoms with Gasteiger partial charge in [-0.1, -0.05) is 30.7 Å². The number of nitrogens with zero attached hydrogens (tertiary/aromatic N) is 2. The van der Waals surface area contributed by atoms with Crippen LogP contribution in [0.3, 0.4) is 0 Å². The van der Waals surface area contributed by atoms with Crippen molar-refractivity contribution in [2.45, 2.75) is 44.7 Å². The van der Waals surface area contributed by atoms with Gasteiger partial charge in [0.05, 0.1) is 17.4 Å². The van der Waals surface area contributed by atoms with Crippen molar-refractivity contribution in [3.05, 3.63) is 54.6 Å². The van der Waals surface area contributed by atoms with E-state index in [4.69, 9.17) is 0 Å². The molecule has 4 rings (SSSR count). The van der Waals surface area contributed by atoms with Crippen LogP contribution >= 0.6 is 0 Å². The van der Waals surface area contributed by atoms with Gasteiger partial charge in [-0.2, -0.15) is 0 Å². The summed E-state index contributed by atoms with van der Waals surface area (Å²) in [6.07, 6.45) is 8.19. The third-order valence-corrected chi connectivity index (χ3v) is 5.17. The Morgan fingerprint density at radius 2 is 2.08 bits per heavy atom. The highest BCUT2D eigenvalue weighted by atomic mass is 19.1. The number of halogens is 1. The number of hydrogen-bond acceptors (Lipinski definition) is 2. The Morgan fingerprint density at radius 3 is 2.92 bits per heavy atom. The summed E-state index contributed by atoms with van der Waals surface area (Å²) in [5.41, 5.74) is 3.60. The number of aromatic nitrogens is 2. The minimum atomic E-state index is -0.184. The minimum Gasteiger partial charge on any atom is -0.331 e. The van der Waals surface area contributed by atoms with E-state index in [0.717, 1.165) is 36.1 Å². The van der Waals surface area contributed by atoms with E-state index >= 15 is 0 Å². The molecule has 3 nitrogen and oxygen atoms in total. The van der Waals surface area contributed by atoms with Crippen LogP contribution in [0.25, 0.3) is 22.2 Å². The first kappa shape index (κ1) is 16.3. The molecule has 1 N–H and O–H groups in total. The van der Waals surface area contributed by atoms with E-state index in [1.54, 1.807) is 6.07 Å². The molecule has 0 bridgehead atoms.